The molecule has 0 aliphatic heterocycles. The van der Waals surface area contributed by atoms with E-state index in [1.165, 1.54) is 0 Å². The third-order valence-electron chi connectivity index (χ3n) is 3.04. The zero-order valence-electron chi connectivity index (χ0n) is 12.5. The molecule has 1 heterocycles. The largest absolute Gasteiger partial charge is 0.390 e. The molecule has 0 aliphatic rings. The zero-order chi connectivity index (χ0) is 14.5. The first-order valence-corrected chi connectivity index (χ1v) is 6.92. The van der Waals surface area contributed by atoms with E-state index in [0.717, 1.165) is 42.9 Å². The molecule has 5 nitrogen and oxygen atoms in total. The Labute approximate surface area is 115 Å². The number of aliphatic hydroxyl groups is 1. The van der Waals surface area contributed by atoms with Crippen LogP contribution in [-0.2, 0) is 6.42 Å². The Bertz CT molecular complexity index is 413. The van der Waals surface area contributed by atoms with Crippen LogP contribution in [0.1, 0.15) is 51.3 Å². The highest BCUT2D eigenvalue weighted by Gasteiger charge is 2.16. The molecular formula is C14H26N4O. The molecule has 1 aromatic heterocycles. The second-order valence-corrected chi connectivity index (χ2v) is 5.59. The summed E-state index contributed by atoms with van der Waals surface area (Å²) in [6.45, 7) is 8.58. The monoisotopic (exact) mass is 266 g/mol. The molecule has 108 valence electrons. The number of hydrogen-bond donors (Lipinski definition) is 3. The summed E-state index contributed by atoms with van der Waals surface area (Å²) in [5.74, 6) is 1.10. The molecule has 0 aliphatic carbocycles. The van der Waals surface area contributed by atoms with Gasteiger partial charge >= 0.3 is 0 Å². The molecule has 0 aromatic carbocycles. The predicted octanol–water partition coefficient (Wildman–Crippen LogP) is 2.28. The SMILES string of the molecule is CCCCNc1nc(N)nc(C)c1CCC(C)(C)O. The van der Waals surface area contributed by atoms with Crippen molar-refractivity contribution in [3.63, 3.8) is 0 Å². The van der Waals surface area contributed by atoms with Crippen molar-refractivity contribution >= 4 is 11.8 Å². The lowest BCUT2D eigenvalue weighted by Crippen LogP contribution is -2.20. The van der Waals surface area contributed by atoms with Gasteiger partial charge in [-0.05, 0) is 40.0 Å². The van der Waals surface area contributed by atoms with Gasteiger partial charge in [0.1, 0.15) is 5.82 Å². The van der Waals surface area contributed by atoms with E-state index in [1.807, 2.05) is 20.8 Å². The van der Waals surface area contributed by atoms with E-state index < -0.39 is 5.60 Å². The molecule has 0 unspecified atom stereocenters. The number of anilines is 2. The van der Waals surface area contributed by atoms with E-state index in [-0.39, 0.29) is 0 Å². The fourth-order valence-corrected chi connectivity index (χ4v) is 1.88. The molecule has 19 heavy (non-hydrogen) atoms. The van der Waals surface area contributed by atoms with Crippen LogP contribution in [-0.4, -0.2) is 27.2 Å². The minimum atomic E-state index is -0.686. The van der Waals surface area contributed by atoms with Crippen molar-refractivity contribution in [2.75, 3.05) is 17.6 Å². The summed E-state index contributed by atoms with van der Waals surface area (Å²) in [6, 6.07) is 0. The number of unbranched alkanes of at least 4 members (excludes halogenated alkanes) is 1. The molecule has 1 rings (SSSR count). The molecule has 1 aromatic rings. The van der Waals surface area contributed by atoms with Crippen molar-refractivity contribution in [2.24, 2.45) is 0 Å². The fourth-order valence-electron chi connectivity index (χ4n) is 1.88. The topological polar surface area (TPSA) is 84.1 Å². The van der Waals surface area contributed by atoms with Crippen molar-refractivity contribution in [1.29, 1.82) is 0 Å². The highest BCUT2D eigenvalue weighted by Crippen LogP contribution is 2.22. The summed E-state index contributed by atoms with van der Waals surface area (Å²) in [5, 5.41) is 13.2. The number of aromatic nitrogens is 2. The van der Waals surface area contributed by atoms with Gasteiger partial charge in [-0.3, -0.25) is 0 Å². The molecule has 0 spiro atoms. The molecule has 5 heteroatoms. The average molecular weight is 266 g/mol. The highest BCUT2D eigenvalue weighted by molar-refractivity contribution is 5.49. The predicted molar refractivity (Wildman–Crippen MR) is 79.2 cm³/mol. The minimum Gasteiger partial charge on any atom is -0.390 e. The summed E-state index contributed by atoms with van der Waals surface area (Å²) in [5.41, 5.74) is 6.95. The van der Waals surface area contributed by atoms with E-state index >= 15 is 0 Å². The van der Waals surface area contributed by atoms with Crippen LogP contribution < -0.4 is 11.1 Å². The van der Waals surface area contributed by atoms with Crippen LogP contribution in [0.2, 0.25) is 0 Å². The zero-order valence-corrected chi connectivity index (χ0v) is 12.5. The van der Waals surface area contributed by atoms with E-state index in [1.54, 1.807) is 0 Å². The molecule has 0 saturated heterocycles. The summed E-state index contributed by atoms with van der Waals surface area (Å²) in [7, 11) is 0. The summed E-state index contributed by atoms with van der Waals surface area (Å²) < 4.78 is 0. The molecule has 0 amide bonds. The second kappa shape index (κ2) is 6.70. The van der Waals surface area contributed by atoms with Gasteiger partial charge in [0.2, 0.25) is 5.95 Å². The fraction of sp³-hybridized carbons (Fsp3) is 0.714. The van der Waals surface area contributed by atoms with Gasteiger partial charge in [-0.2, -0.15) is 4.98 Å². The van der Waals surface area contributed by atoms with Gasteiger partial charge in [-0.1, -0.05) is 13.3 Å². The molecular weight excluding hydrogens is 240 g/mol. The Balaban J connectivity index is 2.86. The number of hydrogen-bond acceptors (Lipinski definition) is 5. The number of nitrogens with two attached hydrogens (primary N) is 1. The first kappa shape index (κ1) is 15.7. The molecule has 0 bridgehead atoms. The van der Waals surface area contributed by atoms with Crippen LogP contribution in [0.4, 0.5) is 11.8 Å². The molecule has 0 radical (unpaired) electrons. The van der Waals surface area contributed by atoms with Crippen molar-refractivity contribution in [2.45, 2.75) is 59.0 Å². The van der Waals surface area contributed by atoms with Crippen molar-refractivity contribution in [3.8, 4) is 0 Å². The molecule has 4 N–H and O–H groups in total. The van der Waals surface area contributed by atoms with Crippen LogP contribution in [0.5, 0.6) is 0 Å². The van der Waals surface area contributed by atoms with Crippen LogP contribution in [0.3, 0.4) is 0 Å². The lowest BCUT2D eigenvalue weighted by Gasteiger charge is -2.19. The third-order valence-corrected chi connectivity index (χ3v) is 3.04. The highest BCUT2D eigenvalue weighted by atomic mass is 16.3. The maximum absolute atomic E-state index is 9.84. The Morgan fingerprint density at radius 1 is 1.32 bits per heavy atom. The number of nitrogens with zero attached hydrogens (tertiary/aromatic N) is 2. The summed E-state index contributed by atoms with van der Waals surface area (Å²) in [4.78, 5) is 8.49. The Kier molecular flexibility index (Phi) is 5.54. The number of nitrogens with one attached hydrogen (secondary N) is 1. The quantitative estimate of drug-likeness (QED) is 0.659. The number of nitrogen functional groups attached to an aromatic ring is 1. The third kappa shape index (κ3) is 5.42. The first-order valence-electron chi connectivity index (χ1n) is 6.92. The van der Waals surface area contributed by atoms with E-state index in [4.69, 9.17) is 5.73 Å². The van der Waals surface area contributed by atoms with Crippen molar-refractivity contribution in [3.05, 3.63) is 11.3 Å². The lowest BCUT2D eigenvalue weighted by atomic mass is 9.98. The first-order chi connectivity index (χ1) is 8.83. The van der Waals surface area contributed by atoms with Crippen LogP contribution >= 0.6 is 0 Å². The van der Waals surface area contributed by atoms with Crippen molar-refractivity contribution in [1.82, 2.24) is 9.97 Å². The number of rotatable bonds is 7. The van der Waals surface area contributed by atoms with E-state index in [2.05, 4.69) is 22.2 Å². The Morgan fingerprint density at radius 2 is 2.00 bits per heavy atom. The van der Waals surface area contributed by atoms with E-state index in [0.29, 0.717) is 12.4 Å². The van der Waals surface area contributed by atoms with Crippen LogP contribution in [0.25, 0.3) is 0 Å². The summed E-state index contributed by atoms with van der Waals surface area (Å²) >= 11 is 0. The van der Waals surface area contributed by atoms with Crippen LogP contribution in [0, 0.1) is 6.92 Å². The lowest BCUT2D eigenvalue weighted by molar-refractivity contribution is 0.0714. The average Bonchev–Trinajstić information content (AvgIpc) is 2.26. The smallest absolute Gasteiger partial charge is 0.222 e. The molecule has 0 atom stereocenters. The van der Waals surface area contributed by atoms with Gasteiger partial charge in [0.05, 0.1) is 5.60 Å². The maximum atomic E-state index is 9.84. The van der Waals surface area contributed by atoms with Gasteiger partial charge in [-0.25, -0.2) is 4.98 Å². The normalized spacial score (nSPS) is 11.6. The molecule has 0 saturated carbocycles. The van der Waals surface area contributed by atoms with Gasteiger partial charge in [0, 0.05) is 17.8 Å². The van der Waals surface area contributed by atoms with Crippen molar-refractivity contribution < 1.29 is 5.11 Å². The van der Waals surface area contributed by atoms with Gasteiger partial charge in [0.15, 0.2) is 0 Å². The van der Waals surface area contributed by atoms with Gasteiger partial charge < -0.3 is 16.2 Å². The Morgan fingerprint density at radius 3 is 2.58 bits per heavy atom. The van der Waals surface area contributed by atoms with Crippen LogP contribution in [0.15, 0.2) is 0 Å². The second-order valence-electron chi connectivity index (χ2n) is 5.59. The maximum Gasteiger partial charge on any atom is 0.222 e. The van der Waals surface area contributed by atoms with E-state index in [9.17, 15) is 5.11 Å². The van der Waals surface area contributed by atoms with Gasteiger partial charge in [0.25, 0.3) is 0 Å². The standard InChI is InChI=1S/C14H26N4O/c1-5-6-9-16-12-11(7-8-14(3,4)19)10(2)17-13(15)18-12/h19H,5-9H2,1-4H3,(H3,15,16,17,18). The van der Waals surface area contributed by atoms with Gasteiger partial charge in [-0.15, -0.1) is 0 Å². The Hall–Kier alpha value is -1.36. The molecule has 0 fully saturated rings. The minimum absolute atomic E-state index is 0.295. The summed E-state index contributed by atoms with van der Waals surface area (Å²) in [6.07, 6.45) is 3.63. The number of aryl methyl sites for hydroxylation is 1.